The predicted molar refractivity (Wildman–Crippen MR) is 54.8 cm³/mol. The number of hydrogen-bond acceptors (Lipinski definition) is 3. The summed E-state index contributed by atoms with van der Waals surface area (Å²) in [5.41, 5.74) is 1.06. The number of hydrogen-bond donors (Lipinski definition) is 2. The van der Waals surface area contributed by atoms with Gasteiger partial charge in [0.2, 0.25) is 0 Å². The van der Waals surface area contributed by atoms with Crippen LogP contribution in [0.2, 0.25) is 0 Å². The minimum atomic E-state index is -0.374. The summed E-state index contributed by atoms with van der Waals surface area (Å²) in [5, 5.41) is 2.19. The number of carbonyl (C=O) groups is 2. The highest BCUT2D eigenvalue weighted by atomic mass is 32.1. The Labute approximate surface area is 86.2 Å². The molecule has 0 fully saturated rings. The lowest BCUT2D eigenvalue weighted by Crippen LogP contribution is -2.21. The Bertz CT molecular complexity index is 451. The van der Waals surface area contributed by atoms with Gasteiger partial charge in [0.15, 0.2) is 0 Å². The number of thiol groups is 1. The molecule has 1 aliphatic rings. The molecule has 0 radical (unpaired) electrons. The van der Waals surface area contributed by atoms with E-state index in [1.54, 1.807) is 18.2 Å². The number of amides is 2. The van der Waals surface area contributed by atoms with Crippen LogP contribution in [0, 0.1) is 0 Å². The predicted octanol–water partition coefficient (Wildman–Crippen LogP) is 1.02. The molecule has 0 atom stereocenters. The van der Waals surface area contributed by atoms with E-state index in [2.05, 4.69) is 17.9 Å². The number of carbonyl (C=O) groups excluding carboxylic acids is 2. The van der Waals surface area contributed by atoms with E-state index < -0.39 is 0 Å². The van der Waals surface area contributed by atoms with Gasteiger partial charge >= 0.3 is 0 Å². The van der Waals surface area contributed by atoms with Crippen LogP contribution in [0.25, 0.3) is 5.57 Å². The maximum atomic E-state index is 11.3. The Morgan fingerprint density at radius 3 is 2.43 bits per heavy atom. The summed E-state index contributed by atoms with van der Waals surface area (Å²) in [4.78, 5) is 22.9. The third-order valence-electron chi connectivity index (χ3n) is 1.95. The van der Waals surface area contributed by atoms with Crippen molar-refractivity contribution >= 4 is 30.0 Å². The van der Waals surface area contributed by atoms with Gasteiger partial charge in [-0.1, -0.05) is 18.2 Å². The van der Waals surface area contributed by atoms with Gasteiger partial charge in [-0.25, -0.2) is 0 Å². The Kier molecular flexibility index (Phi) is 2.13. The van der Waals surface area contributed by atoms with Crippen molar-refractivity contribution in [1.82, 2.24) is 5.32 Å². The van der Waals surface area contributed by atoms with Crippen LogP contribution in [0.15, 0.2) is 35.2 Å². The van der Waals surface area contributed by atoms with E-state index in [1.807, 2.05) is 6.07 Å². The summed E-state index contributed by atoms with van der Waals surface area (Å²) < 4.78 is 0. The first-order valence-electron chi connectivity index (χ1n) is 4.04. The average Bonchev–Trinajstić information content (AvgIpc) is 2.46. The SMILES string of the molecule is O=C1C=C(c2ccccc2S)C(=O)N1. The number of benzene rings is 1. The molecule has 0 saturated heterocycles. The van der Waals surface area contributed by atoms with E-state index >= 15 is 0 Å². The normalized spacial score (nSPS) is 15.4. The van der Waals surface area contributed by atoms with Crippen LogP contribution in [0.3, 0.4) is 0 Å². The van der Waals surface area contributed by atoms with Gasteiger partial charge in [-0.2, -0.15) is 0 Å². The molecule has 1 N–H and O–H groups in total. The number of imide groups is 1. The van der Waals surface area contributed by atoms with Crippen LogP contribution in [-0.2, 0) is 9.59 Å². The highest BCUT2D eigenvalue weighted by Gasteiger charge is 2.22. The van der Waals surface area contributed by atoms with Crippen molar-refractivity contribution in [3.63, 3.8) is 0 Å². The number of nitrogens with one attached hydrogen (secondary N) is 1. The molecule has 1 aromatic carbocycles. The fraction of sp³-hybridized carbons (Fsp3) is 0. The highest BCUT2D eigenvalue weighted by Crippen LogP contribution is 2.24. The molecule has 2 rings (SSSR count). The van der Waals surface area contributed by atoms with Crippen LogP contribution >= 0.6 is 12.6 Å². The molecular formula is C10H7NO2S. The van der Waals surface area contributed by atoms with E-state index in [0.717, 1.165) is 0 Å². The fourth-order valence-electron chi connectivity index (χ4n) is 1.31. The summed E-state index contributed by atoms with van der Waals surface area (Å²) in [7, 11) is 0. The van der Waals surface area contributed by atoms with Crippen molar-refractivity contribution in [3.05, 3.63) is 35.9 Å². The zero-order valence-corrected chi connectivity index (χ0v) is 8.04. The molecule has 2 amide bonds. The molecule has 1 aliphatic heterocycles. The molecular weight excluding hydrogens is 198 g/mol. The quantitative estimate of drug-likeness (QED) is 0.531. The molecule has 14 heavy (non-hydrogen) atoms. The maximum absolute atomic E-state index is 11.3. The lowest BCUT2D eigenvalue weighted by atomic mass is 10.1. The molecule has 4 heteroatoms. The Balaban J connectivity index is 2.51. The lowest BCUT2D eigenvalue weighted by molar-refractivity contribution is -0.123. The minimum absolute atomic E-state index is 0.364. The average molecular weight is 205 g/mol. The Morgan fingerprint density at radius 2 is 1.86 bits per heavy atom. The number of rotatable bonds is 1. The van der Waals surface area contributed by atoms with Crippen LogP contribution in [0.5, 0.6) is 0 Å². The zero-order valence-electron chi connectivity index (χ0n) is 7.15. The first kappa shape index (κ1) is 9.02. The minimum Gasteiger partial charge on any atom is -0.289 e. The van der Waals surface area contributed by atoms with Gasteiger partial charge in [0.05, 0.1) is 5.57 Å². The molecule has 3 nitrogen and oxygen atoms in total. The highest BCUT2D eigenvalue weighted by molar-refractivity contribution is 7.80. The molecule has 0 aliphatic carbocycles. The third-order valence-corrected chi connectivity index (χ3v) is 2.34. The first-order valence-corrected chi connectivity index (χ1v) is 4.48. The van der Waals surface area contributed by atoms with Gasteiger partial charge in [0.25, 0.3) is 11.8 Å². The van der Waals surface area contributed by atoms with Crippen LogP contribution in [0.1, 0.15) is 5.56 Å². The van der Waals surface area contributed by atoms with Crippen LogP contribution in [-0.4, -0.2) is 11.8 Å². The monoisotopic (exact) mass is 205 g/mol. The van der Waals surface area contributed by atoms with E-state index in [9.17, 15) is 9.59 Å². The third kappa shape index (κ3) is 1.44. The standard InChI is InChI=1S/C10H7NO2S/c12-9-5-7(10(13)11-9)6-3-1-2-4-8(6)14/h1-5,14H,(H,11,12,13). The molecule has 0 saturated carbocycles. The van der Waals surface area contributed by atoms with Gasteiger partial charge in [0.1, 0.15) is 0 Å². The molecule has 0 unspecified atom stereocenters. The second-order valence-electron chi connectivity index (χ2n) is 2.89. The summed E-state index contributed by atoms with van der Waals surface area (Å²) in [5.74, 6) is -0.738. The first-order chi connectivity index (χ1) is 6.68. The molecule has 0 spiro atoms. The fourth-order valence-corrected chi connectivity index (χ4v) is 1.59. The molecule has 1 heterocycles. The van der Waals surface area contributed by atoms with E-state index in [0.29, 0.717) is 16.0 Å². The van der Waals surface area contributed by atoms with Gasteiger partial charge in [-0.3, -0.25) is 14.9 Å². The maximum Gasteiger partial charge on any atom is 0.258 e. The second kappa shape index (κ2) is 3.31. The zero-order chi connectivity index (χ0) is 10.1. The van der Waals surface area contributed by atoms with E-state index in [4.69, 9.17) is 0 Å². The van der Waals surface area contributed by atoms with E-state index in [-0.39, 0.29) is 11.8 Å². The molecule has 0 aromatic heterocycles. The van der Waals surface area contributed by atoms with Crippen LogP contribution in [0.4, 0.5) is 0 Å². The van der Waals surface area contributed by atoms with Crippen molar-refractivity contribution < 1.29 is 9.59 Å². The van der Waals surface area contributed by atoms with Crippen molar-refractivity contribution in [2.45, 2.75) is 4.90 Å². The van der Waals surface area contributed by atoms with Crippen molar-refractivity contribution in [1.29, 1.82) is 0 Å². The lowest BCUT2D eigenvalue weighted by Gasteiger charge is -2.02. The Morgan fingerprint density at radius 1 is 1.14 bits per heavy atom. The topological polar surface area (TPSA) is 46.2 Å². The second-order valence-corrected chi connectivity index (χ2v) is 3.38. The van der Waals surface area contributed by atoms with Gasteiger partial charge in [0, 0.05) is 16.5 Å². The molecule has 70 valence electrons. The summed E-state index contributed by atoms with van der Waals surface area (Å²) in [6.07, 6.45) is 1.29. The van der Waals surface area contributed by atoms with E-state index in [1.165, 1.54) is 6.08 Å². The molecule has 0 bridgehead atoms. The van der Waals surface area contributed by atoms with Crippen molar-refractivity contribution in [3.8, 4) is 0 Å². The Hall–Kier alpha value is -1.55. The summed E-state index contributed by atoms with van der Waals surface area (Å²) >= 11 is 4.21. The smallest absolute Gasteiger partial charge is 0.258 e. The van der Waals surface area contributed by atoms with Crippen LogP contribution < -0.4 is 5.32 Å². The summed E-state index contributed by atoms with van der Waals surface area (Å²) in [6, 6.07) is 7.15. The van der Waals surface area contributed by atoms with Gasteiger partial charge < -0.3 is 0 Å². The molecule has 1 aromatic rings. The summed E-state index contributed by atoms with van der Waals surface area (Å²) in [6.45, 7) is 0. The van der Waals surface area contributed by atoms with Gasteiger partial charge in [-0.15, -0.1) is 12.6 Å². The van der Waals surface area contributed by atoms with Gasteiger partial charge in [-0.05, 0) is 6.07 Å². The largest absolute Gasteiger partial charge is 0.289 e. The van der Waals surface area contributed by atoms with Crippen molar-refractivity contribution in [2.75, 3.05) is 0 Å². The van der Waals surface area contributed by atoms with Crippen molar-refractivity contribution in [2.24, 2.45) is 0 Å².